The molecule has 2 aromatic rings. The number of carbonyl (C=O) groups is 2. The van der Waals surface area contributed by atoms with Gasteiger partial charge in [-0.1, -0.05) is 70.0 Å². The molecule has 0 saturated heterocycles. The minimum absolute atomic E-state index is 0.0118. The van der Waals surface area contributed by atoms with E-state index in [1.807, 2.05) is 32.0 Å². The summed E-state index contributed by atoms with van der Waals surface area (Å²) in [6, 6.07) is 10.3. The van der Waals surface area contributed by atoms with Gasteiger partial charge in [0.15, 0.2) is 6.61 Å². The first-order chi connectivity index (χ1) is 16.0. The number of nitrogens with zero attached hydrogens (tertiary/aromatic N) is 1. The molecular weight excluding hydrogens is 539 g/mol. The fourth-order valence-electron chi connectivity index (χ4n) is 3.45. The molecule has 0 aromatic heterocycles. The van der Waals surface area contributed by atoms with Gasteiger partial charge in [0.1, 0.15) is 11.8 Å². The second kappa shape index (κ2) is 12.8. The number of amides is 2. The number of hydrogen-bond donors (Lipinski definition) is 1. The van der Waals surface area contributed by atoms with Crippen LogP contribution >= 0.6 is 39.1 Å². The lowest BCUT2D eigenvalue weighted by Gasteiger charge is -2.31. The molecule has 5 nitrogen and oxygen atoms in total. The quantitative estimate of drug-likeness (QED) is 0.342. The van der Waals surface area contributed by atoms with Crippen LogP contribution in [-0.4, -0.2) is 35.9 Å². The first kappa shape index (κ1) is 28.5. The Morgan fingerprint density at radius 1 is 1.12 bits per heavy atom. The SMILES string of the molecule is CCCNC(=O)C(CC)N(Cc1c(Cl)cccc1Cl)C(=O)COc1ccc(C(C)(C)C)cc1Br. The Kier molecular flexibility index (Phi) is 10.7. The average molecular weight is 572 g/mol. The molecule has 2 amide bonds. The van der Waals surface area contributed by atoms with Crippen molar-refractivity contribution in [3.63, 3.8) is 0 Å². The third-order valence-electron chi connectivity index (χ3n) is 5.47. The molecule has 0 aliphatic rings. The number of nitrogens with one attached hydrogen (secondary N) is 1. The van der Waals surface area contributed by atoms with Crippen molar-refractivity contribution in [3.8, 4) is 5.75 Å². The van der Waals surface area contributed by atoms with E-state index < -0.39 is 6.04 Å². The average Bonchev–Trinajstić information content (AvgIpc) is 2.77. The van der Waals surface area contributed by atoms with Crippen molar-refractivity contribution in [2.24, 2.45) is 0 Å². The monoisotopic (exact) mass is 570 g/mol. The molecule has 186 valence electrons. The summed E-state index contributed by atoms with van der Waals surface area (Å²) in [6.45, 7) is 10.6. The van der Waals surface area contributed by atoms with Crippen LogP contribution in [0.5, 0.6) is 5.75 Å². The van der Waals surface area contributed by atoms with Gasteiger partial charge in [-0.15, -0.1) is 0 Å². The van der Waals surface area contributed by atoms with Crippen molar-refractivity contribution in [1.82, 2.24) is 10.2 Å². The van der Waals surface area contributed by atoms with Crippen molar-refractivity contribution in [1.29, 1.82) is 0 Å². The molecule has 0 aliphatic heterocycles. The van der Waals surface area contributed by atoms with Gasteiger partial charge in [-0.05, 0) is 64.0 Å². The standard InChI is InChI=1S/C26H33BrCl2N2O3/c1-6-13-30-25(33)22(7-2)31(15-18-20(28)9-8-10-21(18)29)24(32)16-34-23-12-11-17(14-19(23)27)26(3,4)5/h8-12,14,22H,6-7,13,15-16H2,1-5H3,(H,30,33). The molecule has 0 fully saturated rings. The first-order valence-corrected chi connectivity index (χ1v) is 13.0. The molecule has 0 aliphatic carbocycles. The van der Waals surface area contributed by atoms with E-state index in [0.29, 0.717) is 34.3 Å². The zero-order chi connectivity index (χ0) is 25.5. The number of hydrogen-bond acceptors (Lipinski definition) is 3. The number of benzene rings is 2. The number of halogens is 3. The van der Waals surface area contributed by atoms with Crippen LogP contribution in [0.3, 0.4) is 0 Å². The van der Waals surface area contributed by atoms with Crippen LogP contribution in [0.25, 0.3) is 0 Å². The fraction of sp³-hybridized carbons (Fsp3) is 0.462. The predicted molar refractivity (Wildman–Crippen MR) is 143 cm³/mol. The molecule has 34 heavy (non-hydrogen) atoms. The van der Waals surface area contributed by atoms with Gasteiger partial charge >= 0.3 is 0 Å². The van der Waals surface area contributed by atoms with Gasteiger partial charge in [-0.25, -0.2) is 0 Å². The predicted octanol–water partition coefficient (Wildman–Crippen LogP) is 6.77. The first-order valence-electron chi connectivity index (χ1n) is 11.4. The van der Waals surface area contributed by atoms with Crippen molar-refractivity contribution in [2.75, 3.05) is 13.2 Å². The lowest BCUT2D eigenvalue weighted by molar-refractivity contribution is -0.143. The molecule has 0 heterocycles. The Morgan fingerprint density at radius 2 is 1.76 bits per heavy atom. The minimum Gasteiger partial charge on any atom is -0.483 e. The van der Waals surface area contributed by atoms with E-state index in [4.69, 9.17) is 27.9 Å². The molecule has 1 N–H and O–H groups in total. The fourth-order valence-corrected chi connectivity index (χ4v) is 4.46. The van der Waals surface area contributed by atoms with Gasteiger partial charge < -0.3 is 15.0 Å². The van der Waals surface area contributed by atoms with Crippen LogP contribution in [0.4, 0.5) is 0 Å². The number of rotatable bonds is 10. The van der Waals surface area contributed by atoms with E-state index in [1.165, 1.54) is 4.90 Å². The number of ether oxygens (including phenoxy) is 1. The normalized spacial score (nSPS) is 12.2. The Hall–Kier alpha value is -1.76. The summed E-state index contributed by atoms with van der Waals surface area (Å²) in [5, 5.41) is 3.77. The van der Waals surface area contributed by atoms with Crippen molar-refractivity contribution in [3.05, 3.63) is 62.0 Å². The Bertz CT molecular complexity index is 988. The van der Waals surface area contributed by atoms with Gasteiger partial charge in [0.05, 0.1) is 4.47 Å². The maximum absolute atomic E-state index is 13.4. The minimum atomic E-state index is -0.679. The van der Waals surface area contributed by atoms with Gasteiger partial charge in [0, 0.05) is 28.7 Å². The van der Waals surface area contributed by atoms with E-state index in [-0.39, 0.29) is 30.4 Å². The molecule has 0 bridgehead atoms. The smallest absolute Gasteiger partial charge is 0.261 e. The summed E-state index contributed by atoms with van der Waals surface area (Å²) in [5.74, 6) is 0.0124. The van der Waals surface area contributed by atoms with Crippen LogP contribution in [0.15, 0.2) is 40.9 Å². The van der Waals surface area contributed by atoms with Crippen LogP contribution in [0.1, 0.15) is 58.6 Å². The highest BCUT2D eigenvalue weighted by atomic mass is 79.9. The third-order valence-corrected chi connectivity index (χ3v) is 6.80. The summed E-state index contributed by atoms with van der Waals surface area (Å²) in [5.41, 5.74) is 1.73. The maximum Gasteiger partial charge on any atom is 0.261 e. The van der Waals surface area contributed by atoms with Crippen LogP contribution in [0.2, 0.25) is 10.0 Å². The molecular formula is C26H33BrCl2N2O3. The van der Waals surface area contributed by atoms with E-state index in [0.717, 1.165) is 16.5 Å². The summed E-state index contributed by atoms with van der Waals surface area (Å²) in [4.78, 5) is 27.8. The molecule has 1 atom stereocenters. The third kappa shape index (κ3) is 7.62. The van der Waals surface area contributed by atoms with Gasteiger partial charge in [-0.2, -0.15) is 0 Å². The van der Waals surface area contributed by atoms with Crippen LogP contribution in [-0.2, 0) is 21.5 Å². The lowest BCUT2D eigenvalue weighted by Crippen LogP contribution is -2.50. The molecule has 0 spiro atoms. The molecule has 2 aromatic carbocycles. The van der Waals surface area contributed by atoms with Crippen molar-refractivity contribution in [2.45, 2.75) is 65.5 Å². The Balaban J connectivity index is 2.29. The molecule has 1 unspecified atom stereocenters. The van der Waals surface area contributed by atoms with Crippen molar-refractivity contribution >= 4 is 50.9 Å². The second-order valence-corrected chi connectivity index (χ2v) is 10.8. The van der Waals surface area contributed by atoms with Crippen LogP contribution < -0.4 is 10.1 Å². The highest BCUT2D eigenvalue weighted by Crippen LogP contribution is 2.32. The van der Waals surface area contributed by atoms with Crippen molar-refractivity contribution < 1.29 is 14.3 Å². The molecule has 0 saturated carbocycles. The zero-order valence-corrected chi connectivity index (χ0v) is 23.5. The highest BCUT2D eigenvalue weighted by Gasteiger charge is 2.30. The zero-order valence-electron chi connectivity index (χ0n) is 20.4. The van der Waals surface area contributed by atoms with Crippen LogP contribution in [0, 0.1) is 0 Å². The van der Waals surface area contributed by atoms with Gasteiger partial charge in [-0.3, -0.25) is 9.59 Å². The van der Waals surface area contributed by atoms with E-state index in [9.17, 15) is 9.59 Å². The number of carbonyl (C=O) groups excluding carboxylic acids is 2. The summed E-state index contributed by atoms with van der Waals surface area (Å²) in [7, 11) is 0. The van der Waals surface area contributed by atoms with E-state index >= 15 is 0 Å². The summed E-state index contributed by atoms with van der Waals surface area (Å²) < 4.78 is 6.63. The summed E-state index contributed by atoms with van der Waals surface area (Å²) in [6.07, 6.45) is 1.24. The molecule has 2 rings (SSSR count). The Labute approximate surface area is 221 Å². The lowest BCUT2D eigenvalue weighted by atomic mass is 9.87. The van der Waals surface area contributed by atoms with E-state index in [2.05, 4.69) is 42.0 Å². The van der Waals surface area contributed by atoms with E-state index in [1.54, 1.807) is 18.2 Å². The Morgan fingerprint density at radius 3 is 2.29 bits per heavy atom. The second-order valence-electron chi connectivity index (χ2n) is 9.12. The van der Waals surface area contributed by atoms with Gasteiger partial charge in [0.2, 0.25) is 5.91 Å². The largest absolute Gasteiger partial charge is 0.483 e. The summed E-state index contributed by atoms with van der Waals surface area (Å²) >= 11 is 16.3. The van der Waals surface area contributed by atoms with Gasteiger partial charge in [0.25, 0.3) is 5.91 Å². The molecule has 8 heteroatoms. The topological polar surface area (TPSA) is 58.6 Å². The molecule has 0 radical (unpaired) electrons. The maximum atomic E-state index is 13.4. The highest BCUT2D eigenvalue weighted by molar-refractivity contribution is 9.10.